The van der Waals surface area contributed by atoms with Gasteiger partial charge < -0.3 is 15.7 Å². The topological polar surface area (TPSA) is 87.4 Å². The Morgan fingerprint density at radius 1 is 1.52 bits per heavy atom. The molecule has 0 fully saturated rings. The lowest BCUT2D eigenvalue weighted by atomic mass is 10.1. The lowest BCUT2D eigenvalue weighted by Crippen LogP contribution is -2.47. The monoisotopic (exact) mass is 362 g/mol. The summed E-state index contributed by atoms with van der Waals surface area (Å²) in [6.45, 7) is 3.01. The van der Waals surface area contributed by atoms with Crippen molar-refractivity contribution in [1.29, 1.82) is 0 Å². The minimum atomic E-state index is -0.659. The molecule has 0 spiro atoms. The largest absolute Gasteiger partial charge is 0.387 e. The van der Waals surface area contributed by atoms with Crippen molar-refractivity contribution in [3.63, 3.8) is 0 Å². The van der Waals surface area contributed by atoms with Gasteiger partial charge in [0, 0.05) is 31.1 Å². The first-order chi connectivity index (χ1) is 12.0. The number of nitrogens with zero attached hydrogens (tertiary/aromatic N) is 4. The van der Waals surface area contributed by atoms with Gasteiger partial charge in [-0.3, -0.25) is 4.99 Å². The number of benzene rings is 1. The first-order valence-electron chi connectivity index (χ1n) is 8.36. The normalized spacial score (nSPS) is 18.6. The predicted molar refractivity (Wildman–Crippen MR) is 97.8 cm³/mol. The Bertz CT molecular complexity index is 759. The van der Waals surface area contributed by atoms with Crippen molar-refractivity contribution in [1.82, 2.24) is 25.4 Å². The SMILES string of the molecule is CN=C(NCC(O)c1cccc(Cl)c1)NC1CCc2nc(C)nn2C1. The molecule has 0 bridgehead atoms. The highest BCUT2D eigenvalue weighted by Gasteiger charge is 2.21. The van der Waals surface area contributed by atoms with Crippen molar-refractivity contribution in [2.75, 3.05) is 13.6 Å². The fourth-order valence-corrected chi connectivity index (χ4v) is 3.16. The van der Waals surface area contributed by atoms with E-state index in [1.54, 1.807) is 19.2 Å². The molecule has 7 nitrogen and oxygen atoms in total. The molecule has 134 valence electrons. The van der Waals surface area contributed by atoms with Gasteiger partial charge in [0.15, 0.2) is 5.96 Å². The summed E-state index contributed by atoms with van der Waals surface area (Å²) in [4.78, 5) is 8.66. The summed E-state index contributed by atoms with van der Waals surface area (Å²) in [5.74, 6) is 2.50. The molecule has 2 heterocycles. The van der Waals surface area contributed by atoms with Crippen LogP contribution in [0.5, 0.6) is 0 Å². The van der Waals surface area contributed by atoms with Crippen molar-refractivity contribution in [3.8, 4) is 0 Å². The third kappa shape index (κ3) is 4.49. The first kappa shape index (κ1) is 17.7. The molecule has 0 saturated heterocycles. The molecule has 2 aromatic rings. The summed E-state index contributed by atoms with van der Waals surface area (Å²) >= 11 is 5.97. The van der Waals surface area contributed by atoms with Crippen molar-refractivity contribution in [2.24, 2.45) is 4.99 Å². The second-order valence-electron chi connectivity index (χ2n) is 6.16. The van der Waals surface area contributed by atoms with Gasteiger partial charge in [-0.15, -0.1) is 0 Å². The lowest BCUT2D eigenvalue weighted by Gasteiger charge is -2.25. The van der Waals surface area contributed by atoms with Gasteiger partial charge in [-0.1, -0.05) is 23.7 Å². The first-order valence-corrected chi connectivity index (χ1v) is 8.74. The number of nitrogens with one attached hydrogen (secondary N) is 2. The van der Waals surface area contributed by atoms with Crippen LogP contribution in [0, 0.1) is 6.92 Å². The second-order valence-corrected chi connectivity index (χ2v) is 6.60. The molecule has 1 aromatic heterocycles. The average molecular weight is 363 g/mol. The van der Waals surface area contributed by atoms with Gasteiger partial charge in [0.25, 0.3) is 0 Å². The number of hydrogen-bond acceptors (Lipinski definition) is 4. The summed E-state index contributed by atoms with van der Waals surface area (Å²) in [5.41, 5.74) is 0.774. The molecule has 3 N–H and O–H groups in total. The van der Waals surface area contributed by atoms with Crippen LogP contribution in [0.1, 0.15) is 29.7 Å². The highest BCUT2D eigenvalue weighted by molar-refractivity contribution is 6.30. The number of aliphatic hydroxyl groups excluding tert-OH is 1. The standard InChI is InChI=1S/C17H23ClN6O/c1-11-21-16-7-6-14(10-24(16)23-11)22-17(19-2)20-9-15(25)12-4-3-5-13(18)8-12/h3-5,8,14-15,25H,6-7,9-10H2,1-2H3,(H2,19,20,22). The van der Waals surface area contributed by atoms with E-state index in [2.05, 4.69) is 25.7 Å². The van der Waals surface area contributed by atoms with Crippen LogP contribution in [0.4, 0.5) is 0 Å². The van der Waals surface area contributed by atoms with Crippen LogP contribution >= 0.6 is 11.6 Å². The maximum absolute atomic E-state index is 10.3. The van der Waals surface area contributed by atoms with Gasteiger partial charge in [-0.05, 0) is 31.0 Å². The molecule has 2 unspecified atom stereocenters. The number of aliphatic hydroxyl groups is 1. The van der Waals surface area contributed by atoms with Gasteiger partial charge in [0.05, 0.1) is 12.6 Å². The zero-order chi connectivity index (χ0) is 17.8. The smallest absolute Gasteiger partial charge is 0.191 e. The minimum absolute atomic E-state index is 0.225. The molecular formula is C17H23ClN6O. The van der Waals surface area contributed by atoms with Crippen molar-refractivity contribution in [3.05, 3.63) is 46.5 Å². The van der Waals surface area contributed by atoms with Crippen LogP contribution in [0.25, 0.3) is 0 Å². The minimum Gasteiger partial charge on any atom is -0.387 e. The van der Waals surface area contributed by atoms with Crippen LogP contribution < -0.4 is 10.6 Å². The molecule has 1 aliphatic heterocycles. The van der Waals surface area contributed by atoms with Gasteiger partial charge in [-0.25, -0.2) is 9.67 Å². The molecule has 0 saturated carbocycles. The molecular weight excluding hydrogens is 340 g/mol. The van der Waals surface area contributed by atoms with Crippen molar-refractivity contribution in [2.45, 2.75) is 38.5 Å². The van der Waals surface area contributed by atoms with E-state index in [1.165, 1.54) is 0 Å². The zero-order valence-corrected chi connectivity index (χ0v) is 15.2. The fraction of sp³-hybridized carbons (Fsp3) is 0.471. The van der Waals surface area contributed by atoms with E-state index in [0.29, 0.717) is 17.5 Å². The summed E-state index contributed by atoms with van der Waals surface area (Å²) in [6, 6.07) is 7.45. The number of halogens is 1. The molecule has 0 aliphatic carbocycles. The van der Waals surface area contributed by atoms with Crippen LogP contribution in [-0.4, -0.2) is 45.5 Å². The average Bonchev–Trinajstić information content (AvgIpc) is 2.97. The summed E-state index contributed by atoms with van der Waals surface area (Å²) in [5, 5.41) is 21.9. The number of guanidine groups is 1. The Balaban J connectivity index is 1.53. The van der Waals surface area contributed by atoms with Crippen molar-refractivity contribution < 1.29 is 5.11 Å². The maximum atomic E-state index is 10.3. The molecule has 1 aromatic carbocycles. The molecule has 3 rings (SSSR count). The Morgan fingerprint density at radius 2 is 2.36 bits per heavy atom. The third-order valence-electron chi connectivity index (χ3n) is 4.22. The molecule has 25 heavy (non-hydrogen) atoms. The third-order valence-corrected chi connectivity index (χ3v) is 4.46. The van der Waals surface area contributed by atoms with Gasteiger partial charge in [0.1, 0.15) is 11.6 Å². The molecule has 8 heteroatoms. The van der Waals surface area contributed by atoms with Crippen LogP contribution in [0.2, 0.25) is 5.02 Å². The van der Waals surface area contributed by atoms with Gasteiger partial charge in [0.2, 0.25) is 0 Å². The zero-order valence-electron chi connectivity index (χ0n) is 14.4. The van der Waals surface area contributed by atoms with E-state index in [1.807, 2.05) is 23.7 Å². The highest BCUT2D eigenvalue weighted by atomic mass is 35.5. The van der Waals surface area contributed by atoms with E-state index < -0.39 is 6.10 Å². The second kappa shape index (κ2) is 7.84. The summed E-state index contributed by atoms with van der Waals surface area (Å²) in [6.07, 6.45) is 1.20. The number of hydrogen-bond donors (Lipinski definition) is 3. The number of aromatic nitrogens is 3. The number of aryl methyl sites for hydroxylation is 2. The van der Waals surface area contributed by atoms with Crippen LogP contribution in [-0.2, 0) is 13.0 Å². The van der Waals surface area contributed by atoms with Crippen LogP contribution in [0.3, 0.4) is 0 Å². The molecule has 0 radical (unpaired) electrons. The Hall–Kier alpha value is -2.12. The molecule has 2 atom stereocenters. The van der Waals surface area contributed by atoms with E-state index in [-0.39, 0.29) is 6.04 Å². The van der Waals surface area contributed by atoms with E-state index in [4.69, 9.17) is 11.6 Å². The van der Waals surface area contributed by atoms with E-state index >= 15 is 0 Å². The number of rotatable bonds is 4. The Labute approximate surface area is 152 Å². The Morgan fingerprint density at radius 3 is 3.12 bits per heavy atom. The highest BCUT2D eigenvalue weighted by Crippen LogP contribution is 2.17. The van der Waals surface area contributed by atoms with Gasteiger partial charge in [-0.2, -0.15) is 5.10 Å². The molecule has 1 aliphatic rings. The predicted octanol–water partition coefficient (Wildman–Crippen LogP) is 1.45. The number of aliphatic imine (C=N–C) groups is 1. The molecule has 0 amide bonds. The maximum Gasteiger partial charge on any atom is 0.191 e. The summed E-state index contributed by atoms with van der Waals surface area (Å²) < 4.78 is 1.95. The van der Waals surface area contributed by atoms with Gasteiger partial charge >= 0.3 is 0 Å². The number of fused-ring (bicyclic) bond motifs is 1. The van der Waals surface area contributed by atoms with Crippen molar-refractivity contribution >= 4 is 17.6 Å². The fourth-order valence-electron chi connectivity index (χ4n) is 2.96. The quantitative estimate of drug-likeness (QED) is 0.566. The van der Waals surface area contributed by atoms with E-state index in [0.717, 1.165) is 36.6 Å². The lowest BCUT2D eigenvalue weighted by molar-refractivity contribution is 0.180. The Kier molecular flexibility index (Phi) is 5.55. The van der Waals surface area contributed by atoms with E-state index in [9.17, 15) is 5.11 Å². The van der Waals surface area contributed by atoms with Crippen LogP contribution in [0.15, 0.2) is 29.3 Å². The summed E-state index contributed by atoms with van der Waals surface area (Å²) in [7, 11) is 1.72.